The lowest BCUT2D eigenvalue weighted by Gasteiger charge is -2.26. The maximum absolute atomic E-state index is 5.59. The molecule has 0 fully saturated rings. The number of ether oxygens (including phenoxy) is 1. The molecule has 0 saturated carbocycles. The Balaban J connectivity index is 3.06. The normalized spacial score (nSPS) is 11.4. The molecule has 0 aliphatic rings. The van der Waals surface area contributed by atoms with Gasteiger partial charge in [0, 0.05) is 11.1 Å². The molecule has 0 amide bonds. The third kappa shape index (κ3) is 2.26. The van der Waals surface area contributed by atoms with E-state index in [0.717, 1.165) is 5.75 Å². The van der Waals surface area contributed by atoms with E-state index < -0.39 is 0 Å². The smallest absolute Gasteiger partial charge is 0.124 e. The molecule has 0 spiro atoms. The minimum Gasteiger partial charge on any atom is -0.494 e. The van der Waals surface area contributed by atoms with Gasteiger partial charge in [-0.1, -0.05) is 18.2 Å². The van der Waals surface area contributed by atoms with Gasteiger partial charge in [-0.2, -0.15) is 0 Å². The van der Waals surface area contributed by atoms with Crippen LogP contribution in [0.25, 0.3) is 0 Å². The van der Waals surface area contributed by atoms with Gasteiger partial charge in [-0.3, -0.25) is 0 Å². The minimum absolute atomic E-state index is 0.0498. The van der Waals surface area contributed by atoms with Crippen molar-refractivity contribution in [1.29, 1.82) is 0 Å². The van der Waals surface area contributed by atoms with Gasteiger partial charge < -0.3 is 10.1 Å². The van der Waals surface area contributed by atoms with Crippen molar-refractivity contribution in [2.24, 2.45) is 0 Å². The van der Waals surface area contributed by atoms with Crippen molar-refractivity contribution in [2.45, 2.75) is 26.3 Å². The first kappa shape index (κ1) is 11.1. The zero-order chi connectivity index (χ0) is 10.6. The van der Waals surface area contributed by atoms with Crippen molar-refractivity contribution < 1.29 is 4.74 Å². The second-order valence-electron chi connectivity index (χ2n) is 3.80. The van der Waals surface area contributed by atoms with Crippen molar-refractivity contribution in [2.75, 3.05) is 13.7 Å². The van der Waals surface area contributed by atoms with Gasteiger partial charge in [-0.05, 0) is 33.9 Å². The summed E-state index contributed by atoms with van der Waals surface area (Å²) in [6.45, 7) is 7.00. The van der Waals surface area contributed by atoms with Gasteiger partial charge in [0.1, 0.15) is 5.75 Å². The SMILES string of the molecule is CCOc1ccccc1C(C)(C)NC. The minimum atomic E-state index is -0.0498. The van der Waals surface area contributed by atoms with Crippen LogP contribution in [0.5, 0.6) is 5.75 Å². The highest BCUT2D eigenvalue weighted by Crippen LogP contribution is 2.28. The summed E-state index contributed by atoms with van der Waals surface area (Å²) in [5, 5.41) is 3.28. The van der Waals surface area contributed by atoms with Crippen LogP contribution in [-0.4, -0.2) is 13.7 Å². The van der Waals surface area contributed by atoms with Crippen LogP contribution in [0.4, 0.5) is 0 Å². The van der Waals surface area contributed by atoms with Crippen LogP contribution in [0.2, 0.25) is 0 Å². The molecule has 0 bridgehead atoms. The van der Waals surface area contributed by atoms with Crippen LogP contribution in [0, 0.1) is 0 Å². The molecular formula is C12H19NO. The Morgan fingerprint density at radius 3 is 2.50 bits per heavy atom. The van der Waals surface area contributed by atoms with E-state index in [1.807, 2.05) is 32.2 Å². The van der Waals surface area contributed by atoms with Crippen molar-refractivity contribution in [3.05, 3.63) is 29.8 Å². The lowest BCUT2D eigenvalue weighted by Crippen LogP contribution is -2.33. The summed E-state index contributed by atoms with van der Waals surface area (Å²) < 4.78 is 5.59. The van der Waals surface area contributed by atoms with Gasteiger partial charge in [0.2, 0.25) is 0 Å². The average Bonchev–Trinajstić information content (AvgIpc) is 2.19. The van der Waals surface area contributed by atoms with Crippen molar-refractivity contribution >= 4 is 0 Å². The highest BCUT2D eigenvalue weighted by Gasteiger charge is 2.21. The highest BCUT2D eigenvalue weighted by molar-refractivity contribution is 5.38. The largest absolute Gasteiger partial charge is 0.494 e. The number of para-hydroxylation sites is 1. The van der Waals surface area contributed by atoms with Crippen LogP contribution >= 0.6 is 0 Å². The maximum Gasteiger partial charge on any atom is 0.124 e. The predicted molar refractivity (Wildman–Crippen MR) is 59.7 cm³/mol. The molecule has 1 N–H and O–H groups in total. The Hall–Kier alpha value is -1.02. The highest BCUT2D eigenvalue weighted by atomic mass is 16.5. The van der Waals surface area contributed by atoms with Crippen LogP contribution < -0.4 is 10.1 Å². The van der Waals surface area contributed by atoms with E-state index in [1.54, 1.807) is 0 Å². The second-order valence-corrected chi connectivity index (χ2v) is 3.80. The summed E-state index contributed by atoms with van der Waals surface area (Å²) >= 11 is 0. The van der Waals surface area contributed by atoms with Crippen LogP contribution in [0.15, 0.2) is 24.3 Å². The molecular weight excluding hydrogens is 174 g/mol. The second kappa shape index (κ2) is 4.47. The molecule has 1 aromatic rings. The van der Waals surface area contributed by atoms with E-state index in [1.165, 1.54) is 5.56 Å². The molecule has 1 rings (SSSR count). The Morgan fingerprint density at radius 1 is 1.29 bits per heavy atom. The van der Waals surface area contributed by atoms with Crippen molar-refractivity contribution in [3.8, 4) is 5.75 Å². The summed E-state index contributed by atoms with van der Waals surface area (Å²) in [5.74, 6) is 0.967. The molecule has 0 aromatic heterocycles. The molecule has 2 nitrogen and oxygen atoms in total. The fourth-order valence-corrected chi connectivity index (χ4v) is 1.40. The van der Waals surface area contributed by atoms with Gasteiger partial charge in [-0.25, -0.2) is 0 Å². The summed E-state index contributed by atoms with van der Waals surface area (Å²) in [7, 11) is 1.96. The lowest BCUT2D eigenvalue weighted by atomic mass is 9.94. The maximum atomic E-state index is 5.59. The quantitative estimate of drug-likeness (QED) is 0.793. The fourth-order valence-electron chi connectivity index (χ4n) is 1.40. The molecule has 0 aliphatic heterocycles. The predicted octanol–water partition coefficient (Wildman–Crippen LogP) is 2.54. The molecule has 0 atom stereocenters. The summed E-state index contributed by atoms with van der Waals surface area (Å²) in [6, 6.07) is 8.15. The molecule has 1 aromatic carbocycles. The topological polar surface area (TPSA) is 21.3 Å². The number of nitrogens with one attached hydrogen (secondary N) is 1. The van der Waals surface area contributed by atoms with Gasteiger partial charge in [0.25, 0.3) is 0 Å². The number of hydrogen-bond acceptors (Lipinski definition) is 2. The Labute approximate surface area is 86.3 Å². The zero-order valence-corrected chi connectivity index (χ0v) is 9.42. The molecule has 0 aliphatic carbocycles. The third-order valence-corrected chi connectivity index (χ3v) is 2.49. The summed E-state index contributed by atoms with van der Waals surface area (Å²) in [4.78, 5) is 0. The first-order valence-corrected chi connectivity index (χ1v) is 5.03. The number of hydrogen-bond donors (Lipinski definition) is 1. The summed E-state index contributed by atoms with van der Waals surface area (Å²) in [6.07, 6.45) is 0. The Bertz CT molecular complexity index is 294. The van der Waals surface area contributed by atoms with E-state index >= 15 is 0 Å². The van der Waals surface area contributed by atoms with Crippen molar-refractivity contribution in [3.63, 3.8) is 0 Å². The molecule has 0 heterocycles. The molecule has 0 radical (unpaired) electrons. The zero-order valence-electron chi connectivity index (χ0n) is 9.42. The van der Waals surface area contributed by atoms with Gasteiger partial charge in [0.05, 0.1) is 6.61 Å². The Kier molecular flexibility index (Phi) is 3.53. The lowest BCUT2D eigenvalue weighted by molar-refractivity contribution is 0.321. The third-order valence-electron chi connectivity index (χ3n) is 2.49. The van der Waals surface area contributed by atoms with E-state index in [0.29, 0.717) is 6.61 Å². The van der Waals surface area contributed by atoms with Crippen LogP contribution in [0.1, 0.15) is 26.3 Å². The number of rotatable bonds is 4. The fraction of sp³-hybridized carbons (Fsp3) is 0.500. The molecule has 0 saturated heterocycles. The monoisotopic (exact) mass is 193 g/mol. The molecule has 0 unspecified atom stereocenters. The van der Waals surface area contributed by atoms with Crippen LogP contribution in [-0.2, 0) is 5.54 Å². The standard InChI is InChI=1S/C12H19NO/c1-5-14-11-9-7-6-8-10(11)12(2,3)13-4/h6-9,13H,5H2,1-4H3. The van der Waals surface area contributed by atoms with Gasteiger partial charge >= 0.3 is 0 Å². The van der Waals surface area contributed by atoms with Crippen LogP contribution in [0.3, 0.4) is 0 Å². The molecule has 78 valence electrons. The summed E-state index contributed by atoms with van der Waals surface area (Å²) in [5.41, 5.74) is 1.15. The first-order valence-electron chi connectivity index (χ1n) is 5.03. The molecule has 14 heavy (non-hydrogen) atoms. The average molecular weight is 193 g/mol. The van der Waals surface area contributed by atoms with Crippen molar-refractivity contribution in [1.82, 2.24) is 5.32 Å². The van der Waals surface area contributed by atoms with E-state index in [2.05, 4.69) is 25.2 Å². The first-order chi connectivity index (χ1) is 6.61. The van der Waals surface area contributed by atoms with Gasteiger partial charge in [0.15, 0.2) is 0 Å². The Morgan fingerprint density at radius 2 is 1.93 bits per heavy atom. The van der Waals surface area contributed by atoms with E-state index in [4.69, 9.17) is 4.74 Å². The van der Waals surface area contributed by atoms with E-state index in [-0.39, 0.29) is 5.54 Å². The van der Waals surface area contributed by atoms with Gasteiger partial charge in [-0.15, -0.1) is 0 Å². The molecule has 2 heteroatoms. The number of benzene rings is 1. The van der Waals surface area contributed by atoms with E-state index in [9.17, 15) is 0 Å².